The number of halogens is 2. The van der Waals surface area contributed by atoms with Crippen molar-refractivity contribution >= 4 is 42.9 Å². The summed E-state index contributed by atoms with van der Waals surface area (Å²) in [6.45, 7) is 12.3. The van der Waals surface area contributed by atoms with Crippen molar-refractivity contribution < 1.29 is 35.8 Å². The Bertz CT molecular complexity index is 2760. The van der Waals surface area contributed by atoms with Crippen LogP contribution in [0.4, 0.5) is 0 Å². The summed E-state index contributed by atoms with van der Waals surface area (Å²) >= 11 is 11.8. The molecule has 0 aromatic carbocycles. The van der Waals surface area contributed by atoms with Crippen LogP contribution in [-0.2, 0) is 50.1 Å². The zero-order valence-corrected chi connectivity index (χ0v) is 44.8. The third-order valence-electron chi connectivity index (χ3n) is 13.0. The first-order valence-corrected chi connectivity index (χ1v) is 28.0. The molecular weight excluding hydrogens is 1010 g/mol. The van der Waals surface area contributed by atoms with Gasteiger partial charge in [0.2, 0.25) is 0 Å². The Hall–Kier alpha value is -4.94. The predicted octanol–water partition coefficient (Wildman–Crippen LogP) is 7.83. The van der Waals surface area contributed by atoms with E-state index in [9.17, 15) is 16.8 Å². The Morgan fingerprint density at radius 3 is 1.29 bits per heavy atom. The van der Waals surface area contributed by atoms with Crippen molar-refractivity contribution in [2.75, 3.05) is 27.4 Å². The molecule has 2 fully saturated rings. The van der Waals surface area contributed by atoms with E-state index in [1.165, 1.54) is 39.0 Å². The molecular formula is C48H62Cl2N12O8S2. The second-order valence-corrected chi connectivity index (χ2v) is 23.7. The van der Waals surface area contributed by atoms with Crippen molar-refractivity contribution in [3.63, 3.8) is 0 Å². The summed E-state index contributed by atoms with van der Waals surface area (Å²) in [5, 5.41) is 16.2. The van der Waals surface area contributed by atoms with E-state index in [1.807, 2.05) is 73.2 Å². The second kappa shape index (κ2) is 24.4. The van der Waals surface area contributed by atoms with E-state index in [1.54, 1.807) is 13.8 Å². The fraction of sp³-hybridized carbons (Fsp3) is 0.542. The van der Waals surface area contributed by atoms with Gasteiger partial charge in [0, 0.05) is 63.6 Å². The maximum absolute atomic E-state index is 13.6. The molecule has 0 bridgehead atoms. The number of hydrogen-bond donors (Lipinski definition) is 0. The summed E-state index contributed by atoms with van der Waals surface area (Å²) in [7, 11) is -4.68. The van der Waals surface area contributed by atoms with Crippen LogP contribution in [0.25, 0.3) is 23.0 Å². The second-order valence-electron chi connectivity index (χ2n) is 18.1. The number of nitrogens with zero attached hydrogens (tertiary/aromatic N) is 12. The molecule has 2 saturated heterocycles. The molecule has 20 nitrogen and oxygen atoms in total. The van der Waals surface area contributed by atoms with E-state index in [0.29, 0.717) is 57.9 Å². The highest BCUT2D eigenvalue weighted by Crippen LogP contribution is 2.34. The van der Waals surface area contributed by atoms with Gasteiger partial charge in [-0.25, -0.2) is 46.7 Å². The smallest absolute Gasteiger partial charge is 0.182 e. The van der Waals surface area contributed by atoms with Gasteiger partial charge < -0.3 is 28.1 Å². The van der Waals surface area contributed by atoms with Crippen molar-refractivity contribution in [3.8, 4) is 23.0 Å². The van der Waals surface area contributed by atoms with E-state index in [2.05, 4.69) is 50.3 Å². The van der Waals surface area contributed by atoms with Gasteiger partial charge in [0.05, 0.1) is 44.8 Å². The minimum atomic E-state index is -3.77. The zero-order valence-electron chi connectivity index (χ0n) is 41.7. The fourth-order valence-electron chi connectivity index (χ4n) is 8.96. The normalized spacial score (nSPS) is 19.1. The van der Waals surface area contributed by atoms with Gasteiger partial charge in [-0.1, -0.05) is 35.3 Å². The van der Waals surface area contributed by atoms with Crippen molar-refractivity contribution in [2.24, 2.45) is 0 Å². The minimum Gasteiger partial charge on any atom is -0.376 e. The molecule has 6 aromatic rings. The standard InChI is InChI=1S/2C24H31ClN6O4S/c2*1-15-8-7-9-19(28-15)24-30-29-21(31(24)16(2)20-10-5-6-11-35-20)14-36(32,33)17(3)22(34-4)23-26-12-18(25)13-27-23/h2*7-9,12-13,16-17,20,22H,5-6,10-11,14H2,1-4H3/t16-,17+,20+,22+;16-,17+,20-,22+/m11/s1. The van der Waals surface area contributed by atoms with E-state index < -0.39 is 42.4 Å². The molecule has 388 valence electrons. The van der Waals surface area contributed by atoms with Gasteiger partial charge in [-0.05, 0) is 104 Å². The summed E-state index contributed by atoms with van der Waals surface area (Å²) in [5.74, 6) is 1.50. The zero-order chi connectivity index (χ0) is 51.7. The Balaban J connectivity index is 0.000000211. The number of hydrogen-bond acceptors (Lipinski definition) is 18. The first-order chi connectivity index (χ1) is 34.4. The lowest BCUT2D eigenvalue weighted by Gasteiger charge is -2.30. The van der Waals surface area contributed by atoms with Gasteiger partial charge in [-0.3, -0.25) is 0 Å². The number of rotatable bonds is 18. The minimum absolute atomic E-state index is 0.0774. The topological polar surface area (TPSA) is 244 Å². The van der Waals surface area contributed by atoms with Crippen molar-refractivity contribution in [1.82, 2.24) is 59.4 Å². The molecule has 0 amide bonds. The molecule has 0 radical (unpaired) electrons. The van der Waals surface area contributed by atoms with E-state index in [-0.39, 0.29) is 47.4 Å². The van der Waals surface area contributed by atoms with Crippen LogP contribution in [0.3, 0.4) is 0 Å². The highest BCUT2D eigenvalue weighted by atomic mass is 35.5. The van der Waals surface area contributed by atoms with Crippen molar-refractivity contribution in [1.29, 1.82) is 0 Å². The van der Waals surface area contributed by atoms with Gasteiger partial charge in [0.15, 0.2) is 43.0 Å². The van der Waals surface area contributed by atoms with Gasteiger partial charge in [0.25, 0.3) is 0 Å². The summed E-state index contributed by atoms with van der Waals surface area (Å²) in [5.41, 5.74) is 2.92. The molecule has 2 aliphatic heterocycles. The number of methoxy groups -OCH3 is 2. The average molecular weight is 1070 g/mol. The van der Waals surface area contributed by atoms with Gasteiger partial charge >= 0.3 is 0 Å². The Morgan fingerprint density at radius 1 is 0.597 bits per heavy atom. The van der Waals surface area contributed by atoms with Crippen LogP contribution in [0.1, 0.15) is 125 Å². The molecule has 72 heavy (non-hydrogen) atoms. The molecule has 8 rings (SSSR count). The molecule has 0 saturated carbocycles. The first-order valence-electron chi connectivity index (χ1n) is 23.8. The maximum atomic E-state index is 13.6. The lowest BCUT2D eigenvalue weighted by molar-refractivity contribution is -0.0125. The molecule has 8 heterocycles. The van der Waals surface area contributed by atoms with E-state index >= 15 is 0 Å². The third-order valence-corrected chi connectivity index (χ3v) is 17.5. The Labute approximate surface area is 430 Å². The molecule has 24 heteroatoms. The highest BCUT2D eigenvalue weighted by Gasteiger charge is 2.38. The average Bonchev–Trinajstić information content (AvgIpc) is 3.99. The maximum Gasteiger partial charge on any atom is 0.182 e. The van der Waals surface area contributed by atoms with Gasteiger partial charge in [0.1, 0.15) is 46.8 Å². The number of aromatic nitrogens is 12. The predicted molar refractivity (Wildman–Crippen MR) is 270 cm³/mol. The van der Waals surface area contributed by atoms with Crippen LogP contribution < -0.4 is 0 Å². The summed E-state index contributed by atoms with van der Waals surface area (Å²) in [4.78, 5) is 25.8. The molecule has 0 unspecified atom stereocenters. The van der Waals surface area contributed by atoms with E-state index in [0.717, 1.165) is 49.9 Å². The molecule has 2 aliphatic rings. The number of ether oxygens (including phenoxy) is 4. The van der Waals surface area contributed by atoms with Crippen molar-refractivity contribution in [2.45, 2.75) is 139 Å². The Kier molecular flexibility index (Phi) is 18.6. The van der Waals surface area contributed by atoms with Crippen molar-refractivity contribution in [3.05, 3.63) is 106 Å². The lowest BCUT2D eigenvalue weighted by atomic mass is 10.0. The third kappa shape index (κ3) is 13.0. The van der Waals surface area contributed by atoms with Crippen LogP contribution in [0, 0.1) is 13.8 Å². The van der Waals surface area contributed by atoms with Crippen LogP contribution >= 0.6 is 23.2 Å². The number of aryl methyl sites for hydroxylation is 2. The summed E-state index contributed by atoms with van der Waals surface area (Å²) in [6, 6.07) is 10.9. The molecule has 0 N–H and O–H groups in total. The fourth-order valence-corrected chi connectivity index (χ4v) is 12.0. The van der Waals surface area contributed by atoms with E-state index in [4.69, 9.17) is 42.1 Å². The van der Waals surface area contributed by atoms with Crippen LogP contribution in [-0.4, -0.2) is 126 Å². The lowest BCUT2D eigenvalue weighted by Crippen LogP contribution is -2.32. The highest BCUT2D eigenvalue weighted by molar-refractivity contribution is 7.91. The first kappa shape index (κ1) is 54.8. The Morgan fingerprint density at radius 2 is 0.972 bits per heavy atom. The monoisotopic (exact) mass is 1070 g/mol. The summed E-state index contributed by atoms with van der Waals surface area (Å²) < 4.78 is 81.2. The van der Waals surface area contributed by atoms with Crippen LogP contribution in [0.5, 0.6) is 0 Å². The number of sulfone groups is 2. The molecule has 0 aliphatic carbocycles. The molecule has 8 atom stereocenters. The molecule has 6 aromatic heterocycles. The SMILES string of the molecule is CO[C@H](c1ncc(Cl)cn1)[C@H](C)S(=O)(=O)Cc1nnc(-c2cccc(C)n2)n1[C@H](C)[C@@H]1CCCCO1.CO[C@H](c1ncc(Cl)cn1)[C@H](C)S(=O)(=O)Cc1nnc(-c2cccc(C)n2)n1[C@H](C)[C@H]1CCCCO1. The largest absolute Gasteiger partial charge is 0.376 e. The van der Waals surface area contributed by atoms with Gasteiger partial charge in [-0.2, -0.15) is 0 Å². The van der Waals surface area contributed by atoms with Gasteiger partial charge in [-0.15, -0.1) is 20.4 Å². The number of pyridine rings is 2. The quantitative estimate of drug-likeness (QED) is 0.0796. The molecule has 0 spiro atoms. The summed E-state index contributed by atoms with van der Waals surface area (Å²) in [6.07, 6.45) is 9.65. The van der Waals surface area contributed by atoms with Crippen LogP contribution in [0.2, 0.25) is 10.0 Å². The van der Waals surface area contributed by atoms with Crippen LogP contribution in [0.15, 0.2) is 61.2 Å².